The molecule has 2 atom stereocenters. The Morgan fingerprint density at radius 1 is 1.36 bits per heavy atom. The summed E-state index contributed by atoms with van der Waals surface area (Å²) in [5.74, 6) is 0.427. The van der Waals surface area contributed by atoms with Crippen LogP contribution in [0.5, 0.6) is 0 Å². The summed E-state index contributed by atoms with van der Waals surface area (Å²) < 4.78 is 7.10. The fourth-order valence-electron chi connectivity index (χ4n) is 4.66. The van der Waals surface area contributed by atoms with Gasteiger partial charge >= 0.3 is 0 Å². The Hall–Kier alpha value is -1.89. The van der Waals surface area contributed by atoms with Crippen molar-refractivity contribution in [3.63, 3.8) is 0 Å². The zero-order valence-electron chi connectivity index (χ0n) is 17.9. The average Bonchev–Trinajstić information content (AvgIpc) is 3.21. The average molecular weight is 391 g/mol. The number of hydrogen-bond acceptors (Lipinski definition) is 4. The Bertz CT molecular complexity index is 704. The Labute approximate surface area is 168 Å². The van der Waals surface area contributed by atoms with Crippen molar-refractivity contribution in [3.05, 3.63) is 18.2 Å². The molecule has 28 heavy (non-hydrogen) atoms. The van der Waals surface area contributed by atoms with E-state index in [4.69, 9.17) is 4.74 Å². The quantitative estimate of drug-likeness (QED) is 0.748. The molecule has 1 saturated carbocycles. The van der Waals surface area contributed by atoms with Crippen LogP contribution in [0.1, 0.15) is 57.8 Å². The van der Waals surface area contributed by atoms with Crippen molar-refractivity contribution >= 4 is 11.8 Å². The first-order valence-electron chi connectivity index (χ1n) is 10.3. The van der Waals surface area contributed by atoms with Crippen molar-refractivity contribution in [2.45, 2.75) is 58.0 Å². The summed E-state index contributed by atoms with van der Waals surface area (Å²) in [7, 11) is 5.44. The number of hydrogen-bond donors (Lipinski definition) is 0. The second-order valence-corrected chi connectivity index (χ2v) is 9.08. The Balaban J connectivity index is 1.81. The van der Waals surface area contributed by atoms with E-state index in [0.29, 0.717) is 18.6 Å². The smallest absolute Gasteiger partial charge is 0.228 e. The van der Waals surface area contributed by atoms with Gasteiger partial charge in [0.25, 0.3) is 0 Å². The number of carbonyl (C=O) groups is 2. The molecule has 2 amide bonds. The highest BCUT2D eigenvalue weighted by molar-refractivity contribution is 5.90. The van der Waals surface area contributed by atoms with Gasteiger partial charge in [-0.1, -0.05) is 13.8 Å². The van der Waals surface area contributed by atoms with E-state index < -0.39 is 5.92 Å². The molecule has 1 saturated heterocycles. The number of ether oxygens (including phenoxy) is 1. The molecular weight excluding hydrogens is 356 g/mol. The largest absolute Gasteiger partial charge is 0.383 e. The molecule has 0 aromatic carbocycles. The SMILES string of the molecule is COCCN1C(=O)C[C@H](C(=O)N(C)C2CCC(C)(C)CC2)[C@H]1c1nccn1C. The third-order valence-electron chi connectivity index (χ3n) is 6.61. The van der Waals surface area contributed by atoms with E-state index in [1.807, 2.05) is 29.8 Å². The number of imidazole rings is 1. The fourth-order valence-corrected chi connectivity index (χ4v) is 4.66. The van der Waals surface area contributed by atoms with Gasteiger partial charge in [-0.2, -0.15) is 0 Å². The highest BCUT2D eigenvalue weighted by Crippen LogP contribution is 2.41. The molecule has 1 aromatic heterocycles. The minimum absolute atomic E-state index is 0.00146. The van der Waals surface area contributed by atoms with E-state index in [2.05, 4.69) is 18.8 Å². The number of aryl methyl sites for hydroxylation is 1. The van der Waals surface area contributed by atoms with Crippen LogP contribution in [0.15, 0.2) is 12.4 Å². The monoisotopic (exact) mass is 390 g/mol. The molecule has 3 rings (SSSR count). The summed E-state index contributed by atoms with van der Waals surface area (Å²) in [5.41, 5.74) is 0.357. The van der Waals surface area contributed by atoms with E-state index in [-0.39, 0.29) is 30.3 Å². The van der Waals surface area contributed by atoms with Gasteiger partial charge in [0.1, 0.15) is 11.9 Å². The molecule has 0 radical (unpaired) electrons. The molecule has 1 aromatic rings. The fraction of sp³-hybridized carbons (Fsp3) is 0.762. The van der Waals surface area contributed by atoms with Crippen molar-refractivity contribution in [1.82, 2.24) is 19.4 Å². The lowest BCUT2D eigenvalue weighted by Crippen LogP contribution is -2.45. The van der Waals surface area contributed by atoms with Crippen molar-refractivity contribution in [2.24, 2.45) is 18.4 Å². The van der Waals surface area contributed by atoms with Crippen molar-refractivity contribution in [1.29, 1.82) is 0 Å². The van der Waals surface area contributed by atoms with Gasteiger partial charge in [0, 0.05) is 52.6 Å². The van der Waals surface area contributed by atoms with Crippen LogP contribution < -0.4 is 0 Å². The summed E-state index contributed by atoms with van der Waals surface area (Å²) in [5, 5.41) is 0. The van der Waals surface area contributed by atoms with E-state index in [9.17, 15) is 9.59 Å². The number of methoxy groups -OCH3 is 1. The molecule has 2 heterocycles. The van der Waals surface area contributed by atoms with Gasteiger partial charge in [0.15, 0.2) is 0 Å². The second kappa shape index (κ2) is 8.23. The Morgan fingerprint density at radius 3 is 2.61 bits per heavy atom. The number of amides is 2. The normalized spacial score (nSPS) is 25.3. The molecule has 7 nitrogen and oxygen atoms in total. The molecule has 0 N–H and O–H groups in total. The second-order valence-electron chi connectivity index (χ2n) is 9.08. The highest BCUT2D eigenvalue weighted by atomic mass is 16.5. The van der Waals surface area contributed by atoms with Crippen LogP contribution in [0, 0.1) is 11.3 Å². The molecule has 1 aliphatic heterocycles. The van der Waals surface area contributed by atoms with Crippen LogP contribution >= 0.6 is 0 Å². The molecule has 1 aliphatic carbocycles. The standard InChI is InChI=1S/C21H34N4O3/c1-21(2)8-6-15(7-9-21)24(4)20(27)16-14-17(26)25(12-13-28-5)18(16)19-22-10-11-23(19)3/h10-11,15-16,18H,6-9,12-14H2,1-5H3/t16-,18-/m0/s1. The number of likely N-dealkylation sites (tertiary alicyclic amines) is 1. The minimum atomic E-state index is -0.398. The van der Waals surface area contributed by atoms with Crippen LogP contribution in [0.3, 0.4) is 0 Å². The predicted octanol–water partition coefficient (Wildman–Crippen LogP) is 2.38. The molecule has 7 heteroatoms. The van der Waals surface area contributed by atoms with E-state index >= 15 is 0 Å². The number of rotatable bonds is 6. The molecule has 156 valence electrons. The van der Waals surface area contributed by atoms with Gasteiger partial charge in [0.2, 0.25) is 11.8 Å². The molecule has 2 aliphatic rings. The summed E-state index contributed by atoms with van der Waals surface area (Å²) in [6.07, 6.45) is 8.13. The molecular formula is C21H34N4O3. The maximum Gasteiger partial charge on any atom is 0.228 e. The van der Waals surface area contributed by atoms with Crippen molar-refractivity contribution in [3.8, 4) is 0 Å². The summed E-state index contributed by atoms with van der Waals surface area (Å²) in [4.78, 5) is 34.4. The van der Waals surface area contributed by atoms with Crippen LogP contribution in [0.2, 0.25) is 0 Å². The van der Waals surface area contributed by atoms with Crippen molar-refractivity contribution in [2.75, 3.05) is 27.3 Å². The highest BCUT2D eigenvalue weighted by Gasteiger charge is 2.47. The Kier molecular flexibility index (Phi) is 6.12. The van der Waals surface area contributed by atoms with Gasteiger partial charge in [-0.15, -0.1) is 0 Å². The molecule has 0 bridgehead atoms. The molecule has 0 spiro atoms. The summed E-state index contributed by atoms with van der Waals surface area (Å²) in [6.45, 7) is 5.51. The van der Waals surface area contributed by atoms with Gasteiger partial charge in [0.05, 0.1) is 12.5 Å². The number of nitrogens with zero attached hydrogens (tertiary/aromatic N) is 4. The van der Waals surface area contributed by atoms with E-state index in [1.54, 1.807) is 18.2 Å². The van der Waals surface area contributed by atoms with Crippen LogP contribution in [0.4, 0.5) is 0 Å². The van der Waals surface area contributed by atoms with Gasteiger partial charge in [-0.25, -0.2) is 4.98 Å². The number of aromatic nitrogens is 2. The minimum Gasteiger partial charge on any atom is -0.383 e. The van der Waals surface area contributed by atoms with E-state index in [0.717, 1.165) is 31.5 Å². The van der Waals surface area contributed by atoms with Gasteiger partial charge in [-0.3, -0.25) is 9.59 Å². The van der Waals surface area contributed by atoms with E-state index in [1.165, 1.54) is 0 Å². The summed E-state index contributed by atoms with van der Waals surface area (Å²) in [6, 6.07) is -0.0803. The van der Waals surface area contributed by atoms with Crippen LogP contribution in [-0.2, 0) is 21.4 Å². The zero-order chi connectivity index (χ0) is 20.5. The topological polar surface area (TPSA) is 67.7 Å². The maximum absolute atomic E-state index is 13.5. The van der Waals surface area contributed by atoms with Crippen LogP contribution in [-0.4, -0.2) is 64.5 Å². The van der Waals surface area contributed by atoms with Crippen LogP contribution in [0.25, 0.3) is 0 Å². The lowest BCUT2D eigenvalue weighted by Gasteiger charge is -2.40. The Morgan fingerprint density at radius 2 is 2.04 bits per heavy atom. The molecule has 2 fully saturated rings. The maximum atomic E-state index is 13.5. The van der Waals surface area contributed by atoms with Gasteiger partial charge < -0.3 is 19.1 Å². The van der Waals surface area contributed by atoms with Gasteiger partial charge in [-0.05, 0) is 31.1 Å². The lowest BCUT2D eigenvalue weighted by molar-refractivity contribution is -0.138. The molecule has 0 unspecified atom stereocenters. The zero-order valence-corrected chi connectivity index (χ0v) is 17.9. The third kappa shape index (κ3) is 4.09. The number of carbonyl (C=O) groups excluding carboxylic acids is 2. The van der Waals surface area contributed by atoms with Crippen molar-refractivity contribution < 1.29 is 14.3 Å². The first-order valence-corrected chi connectivity index (χ1v) is 10.3. The summed E-state index contributed by atoms with van der Waals surface area (Å²) >= 11 is 0. The third-order valence-corrected chi connectivity index (χ3v) is 6.61. The first-order chi connectivity index (χ1) is 13.2. The lowest BCUT2D eigenvalue weighted by atomic mass is 9.75. The first kappa shape index (κ1) is 20.8. The predicted molar refractivity (Wildman–Crippen MR) is 106 cm³/mol.